The largest absolute Gasteiger partial charge is 0.355 e. The molecule has 0 bridgehead atoms. The number of anilines is 1. The fourth-order valence-electron chi connectivity index (χ4n) is 3.64. The topological polar surface area (TPSA) is 67.2 Å². The van der Waals surface area contributed by atoms with Crippen LogP contribution in [0.5, 0.6) is 0 Å². The van der Waals surface area contributed by atoms with Crippen molar-refractivity contribution in [2.45, 2.75) is 44.8 Å². The number of halogens is 1. The number of nitrogens with one attached hydrogen (secondary N) is 1. The first-order valence-corrected chi connectivity index (χ1v) is 11.6. The van der Waals surface area contributed by atoms with Crippen molar-refractivity contribution >= 4 is 41.0 Å². The van der Waals surface area contributed by atoms with E-state index >= 15 is 0 Å². The first-order chi connectivity index (χ1) is 14.1. The molecule has 162 valence electrons. The van der Waals surface area contributed by atoms with Crippen molar-refractivity contribution in [2.24, 2.45) is 7.05 Å². The Morgan fingerprint density at radius 1 is 1.37 bits per heavy atom. The molecule has 1 aromatic heterocycles. The Balaban J connectivity index is 2.16. The lowest BCUT2D eigenvalue weighted by molar-refractivity contribution is -0.122. The van der Waals surface area contributed by atoms with Gasteiger partial charge in [-0.1, -0.05) is 51.4 Å². The first kappa shape index (κ1) is 22.7. The van der Waals surface area contributed by atoms with Gasteiger partial charge in [-0.2, -0.15) is 5.10 Å². The molecule has 0 saturated carbocycles. The molecule has 1 N–H and O–H groups in total. The van der Waals surface area contributed by atoms with Crippen LogP contribution >= 0.6 is 23.4 Å². The lowest BCUT2D eigenvalue weighted by Crippen LogP contribution is -2.42. The highest BCUT2D eigenvalue weighted by Crippen LogP contribution is 2.47. The van der Waals surface area contributed by atoms with Gasteiger partial charge < -0.3 is 5.32 Å². The summed E-state index contributed by atoms with van der Waals surface area (Å²) in [7, 11) is 1.84. The SMILES string of the molecule is CCCNC(=O)CN1C(=O)CSC(c2cccc(Cl)c2)c2c(C(C)(C)C)nn(C)c21. The van der Waals surface area contributed by atoms with E-state index in [4.69, 9.17) is 16.7 Å². The standard InChI is InChI=1S/C22H29ClN4O2S/c1-6-10-24-16(28)12-27-17(29)13-30-19(14-8-7-9-15(23)11-14)18-20(22(2,3)4)25-26(5)21(18)27/h7-9,11,19H,6,10,12-13H2,1-5H3,(H,24,28). The van der Waals surface area contributed by atoms with Crippen LogP contribution in [0.25, 0.3) is 0 Å². The van der Waals surface area contributed by atoms with Crippen LogP contribution in [0.2, 0.25) is 5.02 Å². The summed E-state index contributed by atoms with van der Waals surface area (Å²) in [6, 6.07) is 7.74. The van der Waals surface area contributed by atoms with Gasteiger partial charge in [0.25, 0.3) is 0 Å². The molecule has 1 aromatic carbocycles. The van der Waals surface area contributed by atoms with Crippen LogP contribution in [0.4, 0.5) is 5.82 Å². The number of rotatable bonds is 5. The van der Waals surface area contributed by atoms with Crippen molar-refractivity contribution in [1.82, 2.24) is 15.1 Å². The van der Waals surface area contributed by atoms with Crippen molar-refractivity contribution < 1.29 is 9.59 Å². The molecule has 2 heterocycles. The number of benzene rings is 1. The average molecular weight is 449 g/mol. The average Bonchev–Trinajstić information content (AvgIpc) is 2.94. The maximum atomic E-state index is 13.1. The lowest BCUT2D eigenvalue weighted by Gasteiger charge is -2.24. The molecular weight excluding hydrogens is 420 g/mol. The van der Waals surface area contributed by atoms with Crippen LogP contribution in [0.1, 0.15) is 56.2 Å². The number of fused-ring (bicyclic) bond motifs is 1. The van der Waals surface area contributed by atoms with Gasteiger partial charge in [0, 0.05) is 29.6 Å². The summed E-state index contributed by atoms with van der Waals surface area (Å²) in [4.78, 5) is 27.2. The van der Waals surface area contributed by atoms with Crippen LogP contribution in [-0.4, -0.2) is 40.4 Å². The third kappa shape index (κ3) is 4.67. The van der Waals surface area contributed by atoms with Crippen molar-refractivity contribution in [2.75, 3.05) is 23.7 Å². The van der Waals surface area contributed by atoms with Crippen LogP contribution in [0.3, 0.4) is 0 Å². The van der Waals surface area contributed by atoms with E-state index in [-0.39, 0.29) is 34.8 Å². The van der Waals surface area contributed by atoms with Crippen molar-refractivity contribution in [3.05, 3.63) is 46.1 Å². The van der Waals surface area contributed by atoms with Gasteiger partial charge in [-0.3, -0.25) is 19.2 Å². The highest BCUT2D eigenvalue weighted by atomic mass is 35.5. The van der Waals surface area contributed by atoms with E-state index < -0.39 is 0 Å². The minimum atomic E-state index is -0.230. The number of nitrogens with zero attached hydrogens (tertiary/aromatic N) is 3. The number of amides is 2. The molecule has 0 radical (unpaired) electrons. The second kappa shape index (κ2) is 9.02. The van der Waals surface area contributed by atoms with Crippen molar-refractivity contribution in [3.63, 3.8) is 0 Å². The molecule has 0 fully saturated rings. The number of aromatic nitrogens is 2. The van der Waals surface area contributed by atoms with Crippen molar-refractivity contribution in [3.8, 4) is 0 Å². The molecular formula is C22H29ClN4O2S. The molecule has 1 aliphatic heterocycles. The monoisotopic (exact) mass is 448 g/mol. The second-order valence-corrected chi connectivity index (χ2v) is 10.1. The quantitative estimate of drug-likeness (QED) is 0.748. The maximum Gasteiger partial charge on any atom is 0.240 e. The third-order valence-corrected chi connectivity index (χ3v) is 6.47. The Hall–Kier alpha value is -1.99. The molecule has 3 rings (SSSR count). The minimum Gasteiger partial charge on any atom is -0.355 e. The van der Waals surface area contributed by atoms with Crippen LogP contribution < -0.4 is 10.2 Å². The predicted octanol–water partition coefficient (Wildman–Crippen LogP) is 4.07. The molecule has 2 amide bonds. The Kier molecular flexibility index (Phi) is 6.82. The van der Waals surface area contributed by atoms with Gasteiger partial charge in [0.15, 0.2) is 0 Å². The number of thioether (sulfide) groups is 1. The minimum absolute atomic E-state index is 0.0161. The highest BCUT2D eigenvalue weighted by Gasteiger charge is 2.38. The van der Waals surface area contributed by atoms with E-state index in [2.05, 4.69) is 26.1 Å². The van der Waals surface area contributed by atoms with Crippen LogP contribution in [0, 0.1) is 0 Å². The van der Waals surface area contributed by atoms with E-state index in [0.29, 0.717) is 17.4 Å². The third-order valence-electron chi connectivity index (χ3n) is 4.98. The van der Waals surface area contributed by atoms with Gasteiger partial charge in [0.2, 0.25) is 11.8 Å². The molecule has 1 atom stereocenters. The number of carbonyl (C=O) groups is 2. The second-order valence-electron chi connectivity index (χ2n) is 8.54. The Morgan fingerprint density at radius 2 is 2.10 bits per heavy atom. The molecule has 0 spiro atoms. The summed E-state index contributed by atoms with van der Waals surface area (Å²) in [6.07, 6.45) is 0.845. The van der Waals surface area contributed by atoms with Gasteiger partial charge in [0.05, 0.1) is 16.7 Å². The Bertz CT molecular complexity index is 951. The number of hydrogen-bond acceptors (Lipinski definition) is 4. The Morgan fingerprint density at radius 3 is 2.73 bits per heavy atom. The molecule has 1 unspecified atom stereocenters. The zero-order chi connectivity index (χ0) is 22.1. The van der Waals surface area contributed by atoms with Gasteiger partial charge in [-0.25, -0.2) is 0 Å². The summed E-state index contributed by atoms with van der Waals surface area (Å²) in [5.41, 5.74) is 2.70. The van der Waals surface area contributed by atoms with Gasteiger partial charge in [0.1, 0.15) is 12.4 Å². The predicted molar refractivity (Wildman–Crippen MR) is 123 cm³/mol. The van der Waals surface area contributed by atoms with E-state index in [9.17, 15) is 9.59 Å². The zero-order valence-electron chi connectivity index (χ0n) is 18.2. The Labute approximate surface area is 187 Å². The van der Waals surface area contributed by atoms with Gasteiger partial charge in [-0.15, -0.1) is 11.8 Å². The summed E-state index contributed by atoms with van der Waals surface area (Å²) >= 11 is 7.84. The molecule has 30 heavy (non-hydrogen) atoms. The molecule has 0 saturated heterocycles. The van der Waals surface area contributed by atoms with E-state index in [0.717, 1.165) is 23.2 Å². The van der Waals surface area contributed by atoms with Crippen molar-refractivity contribution in [1.29, 1.82) is 0 Å². The smallest absolute Gasteiger partial charge is 0.240 e. The molecule has 6 nitrogen and oxygen atoms in total. The first-order valence-electron chi connectivity index (χ1n) is 10.1. The highest BCUT2D eigenvalue weighted by molar-refractivity contribution is 8.00. The van der Waals surface area contributed by atoms with Crippen LogP contribution in [-0.2, 0) is 22.1 Å². The zero-order valence-corrected chi connectivity index (χ0v) is 19.7. The van der Waals surface area contributed by atoms with Gasteiger partial charge >= 0.3 is 0 Å². The molecule has 0 aliphatic carbocycles. The maximum absolute atomic E-state index is 13.1. The van der Waals surface area contributed by atoms with E-state index in [1.54, 1.807) is 21.3 Å². The number of aryl methyl sites for hydroxylation is 1. The fraction of sp³-hybridized carbons (Fsp3) is 0.500. The normalized spacial score (nSPS) is 16.9. The van der Waals surface area contributed by atoms with E-state index in [1.807, 2.05) is 38.2 Å². The summed E-state index contributed by atoms with van der Waals surface area (Å²) in [6.45, 7) is 8.91. The number of hydrogen-bond donors (Lipinski definition) is 1. The van der Waals surface area contributed by atoms with Crippen LogP contribution in [0.15, 0.2) is 24.3 Å². The molecule has 1 aliphatic rings. The molecule has 8 heteroatoms. The lowest BCUT2D eigenvalue weighted by atomic mass is 9.87. The summed E-state index contributed by atoms with van der Waals surface area (Å²) in [5, 5.41) is 8.23. The summed E-state index contributed by atoms with van der Waals surface area (Å²) < 4.78 is 1.74. The van der Waals surface area contributed by atoms with E-state index in [1.165, 1.54) is 0 Å². The molecule has 2 aromatic rings. The summed E-state index contributed by atoms with van der Waals surface area (Å²) in [5.74, 6) is 0.699. The van der Waals surface area contributed by atoms with Gasteiger partial charge in [-0.05, 0) is 24.1 Å². The fourth-order valence-corrected chi connectivity index (χ4v) is 5.03. The number of carbonyl (C=O) groups excluding carboxylic acids is 2.